The van der Waals surface area contributed by atoms with Crippen molar-refractivity contribution in [2.75, 3.05) is 13.7 Å². The smallest absolute Gasteiger partial charge is 0.381 e. The highest BCUT2D eigenvalue weighted by Crippen LogP contribution is 2.34. The summed E-state index contributed by atoms with van der Waals surface area (Å²) in [6.07, 6.45) is 1.65. The van der Waals surface area contributed by atoms with Gasteiger partial charge in [-0.2, -0.15) is 13.2 Å². The molecule has 0 bridgehead atoms. The monoisotopic (exact) mass is 524 g/mol. The Balaban J connectivity index is 1.99. The molecule has 0 amide bonds. The lowest BCUT2D eigenvalue weighted by molar-refractivity contribution is -0.138. The number of hydrogen-bond donors (Lipinski definition) is 0. The van der Waals surface area contributed by atoms with E-state index in [0.717, 1.165) is 38.2 Å². The zero-order valence-corrected chi connectivity index (χ0v) is 19.0. The number of aryl methyl sites for hydroxylation is 1. The molecule has 1 unspecified atom stereocenters. The highest BCUT2D eigenvalue weighted by Gasteiger charge is 2.33. The van der Waals surface area contributed by atoms with Crippen molar-refractivity contribution in [2.45, 2.75) is 76.4 Å². The van der Waals surface area contributed by atoms with E-state index in [-0.39, 0.29) is 30.5 Å². The lowest BCUT2D eigenvalue weighted by atomic mass is 9.91. The van der Waals surface area contributed by atoms with Crippen LogP contribution in [0.4, 0.5) is 13.2 Å². The summed E-state index contributed by atoms with van der Waals surface area (Å²) >= 11 is 1.73. The minimum absolute atomic E-state index is 0.0842. The molecule has 0 saturated heterocycles. The summed E-state index contributed by atoms with van der Waals surface area (Å²) in [6, 6.07) is 4.09. The third-order valence-corrected chi connectivity index (χ3v) is 5.43. The van der Waals surface area contributed by atoms with Crippen LogP contribution < -0.4 is 0 Å². The Morgan fingerprint density at radius 1 is 1.21 bits per heavy atom. The molecule has 1 aromatic carbocycles. The van der Waals surface area contributed by atoms with Gasteiger partial charge in [0.15, 0.2) is 0 Å². The molecule has 0 spiro atoms. The average molecular weight is 524 g/mol. The standard InChI is InChI=1S/C22H28F3IO3/c1-3-6-18(29-20-14-19(15-20)27-2)9-4-8-17-13-16(7-5-12-28-26)10-11-21(17)22(23,24)25/h10-11,13,18-20H,3-4,6,8-9,12,14-15H2,1-2H3. The van der Waals surface area contributed by atoms with Crippen LogP contribution in [0.1, 0.15) is 62.1 Å². The van der Waals surface area contributed by atoms with Crippen molar-refractivity contribution in [2.24, 2.45) is 0 Å². The molecular weight excluding hydrogens is 496 g/mol. The van der Waals surface area contributed by atoms with E-state index in [1.807, 2.05) is 0 Å². The van der Waals surface area contributed by atoms with Crippen molar-refractivity contribution < 1.29 is 25.7 Å². The van der Waals surface area contributed by atoms with Crippen LogP contribution in [-0.2, 0) is 25.1 Å². The van der Waals surface area contributed by atoms with E-state index in [4.69, 9.17) is 12.5 Å². The summed E-state index contributed by atoms with van der Waals surface area (Å²) in [5, 5.41) is 0. The summed E-state index contributed by atoms with van der Waals surface area (Å²) in [6.45, 7) is 2.33. The summed E-state index contributed by atoms with van der Waals surface area (Å²) in [5.41, 5.74) is 0.281. The van der Waals surface area contributed by atoms with Gasteiger partial charge in [-0.3, -0.25) is 0 Å². The van der Waals surface area contributed by atoms with Gasteiger partial charge in [0.1, 0.15) is 29.6 Å². The third-order valence-electron chi connectivity index (χ3n) is 5.12. The predicted octanol–water partition coefficient (Wildman–Crippen LogP) is 6.11. The normalized spacial score (nSPS) is 19.9. The fourth-order valence-corrected chi connectivity index (χ4v) is 3.69. The minimum Gasteiger partial charge on any atom is -0.381 e. The molecule has 1 fully saturated rings. The van der Waals surface area contributed by atoms with Gasteiger partial charge in [0.25, 0.3) is 0 Å². The number of alkyl halides is 3. The quantitative estimate of drug-likeness (QED) is 0.273. The highest BCUT2D eigenvalue weighted by atomic mass is 127. The molecule has 7 heteroatoms. The van der Waals surface area contributed by atoms with Crippen molar-refractivity contribution in [1.29, 1.82) is 0 Å². The zero-order chi connectivity index (χ0) is 21.3. The third kappa shape index (κ3) is 8.08. The lowest BCUT2D eigenvalue weighted by Crippen LogP contribution is -2.39. The average Bonchev–Trinajstić information content (AvgIpc) is 2.63. The number of benzene rings is 1. The van der Waals surface area contributed by atoms with Crippen molar-refractivity contribution in [3.05, 3.63) is 34.9 Å². The summed E-state index contributed by atoms with van der Waals surface area (Å²) in [5.74, 6) is 5.63. The van der Waals surface area contributed by atoms with Crippen LogP contribution in [0.2, 0.25) is 0 Å². The Hall–Kier alpha value is -0.820. The van der Waals surface area contributed by atoms with E-state index in [0.29, 0.717) is 18.4 Å². The lowest BCUT2D eigenvalue weighted by Gasteiger charge is -2.36. The van der Waals surface area contributed by atoms with Gasteiger partial charge in [-0.1, -0.05) is 25.2 Å². The van der Waals surface area contributed by atoms with Gasteiger partial charge in [0.05, 0.1) is 23.9 Å². The van der Waals surface area contributed by atoms with Crippen molar-refractivity contribution >= 4 is 23.0 Å². The topological polar surface area (TPSA) is 27.7 Å². The first kappa shape index (κ1) is 24.4. The van der Waals surface area contributed by atoms with Gasteiger partial charge in [-0.15, -0.1) is 0 Å². The molecule has 3 nitrogen and oxygen atoms in total. The Morgan fingerprint density at radius 2 is 1.97 bits per heavy atom. The molecule has 0 heterocycles. The molecule has 1 aliphatic carbocycles. The van der Waals surface area contributed by atoms with Crippen molar-refractivity contribution in [1.82, 2.24) is 0 Å². The molecule has 0 N–H and O–H groups in total. The second kappa shape index (κ2) is 12.1. The maximum atomic E-state index is 13.4. The number of ether oxygens (including phenoxy) is 2. The van der Waals surface area contributed by atoms with E-state index in [1.165, 1.54) is 6.07 Å². The first-order valence-corrected chi connectivity index (χ1v) is 10.9. The molecule has 1 aromatic rings. The Kier molecular flexibility index (Phi) is 10.2. The van der Waals surface area contributed by atoms with E-state index in [1.54, 1.807) is 36.2 Å². The number of halogens is 4. The first-order chi connectivity index (χ1) is 13.9. The molecule has 2 rings (SSSR count). The van der Waals surface area contributed by atoms with Gasteiger partial charge >= 0.3 is 6.18 Å². The van der Waals surface area contributed by atoms with E-state index in [2.05, 4.69) is 18.8 Å². The van der Waals surface area contributed by atoms with Gasteiger partial charge in [0, 0.05) is 12.7 Å². The predicted molar refractivity (Wildman–Crippen MR) is 115 cm³/mol. The summed E-state index contributed by atoms with van der Waals surface area (Å²) in [4.78, 5) is 0. The van der Waals surface area contributed by atoms with Gasteiger partial charge in [0.2, 0.25) is 0 Å². The van der Waals surface area contributed by atoms with Crippen molar-refractivity contribution in [3.8, 4) is 11.8 Å². The van der Waals surface area contributed by atoms with Crippen LogP contribution in [0, 0.1) is 11.8 Å². The van der Waals surface area contributed by atoms with Crippen LogP contribution in [0.25, 0.3) is 0 Å². The molecule has 162 valence electrons. The van der Waals surface area contributed by atoms with Crippen LogP contribution in [0.5, 0.6) is 0 Å². The molecule has 0 radical (unpaired) electrons. The highest BCUT2D eigenvalue weighted by molar-refractivity contribution is 14.1. The maximum absolute atomic E-state index is 13.4. The molecule has 1 saturated carbocycles. The van der Waals surface area contributed by atoms with E-state index < -0.39 is 11.7 Å². The number of methoxy groups -OCH3 is 1. The SMILES string of the molecule is CCCC(CCCc1cc(C#CCOI)ccc1C(F)(F)F)OC1CC(OC)C1. The van der Waals surface area contributed by atoms with Gasteiger partial charge < -0.3 is 12.5 Å². The van der Waals surface area contributed by atoms with Gasteiger partial charge in [-0.05, 0) is 62.3 Å². The second-order valence-corrected chi connectivity index (χ2v) is 7.94. The molecular formula is C22H28F3IO3. The zero-order valence-electron chi connectivity index (χ0n) is 16.9. The largest absolute Gasteiger partial charge is 0.416 e. The summed E-state index contributed by atoms with van der Waals surface area (Å²) < 4.78 is 56.5. The fraction of sp³-hybridized carbons (Fsp3) is 0.636. The van der Waals surface area contributed by atoms with Crippen LogP contribution >= 0.6 is 23.0 Å². The molecule has 1 atom stereocenters. The number of hydrogen-bond acceptors (Lipinski definition) is 3. The molecule has 29 heavy (non-hydrogen) atoms. The van der Waals surface area contributed by atoms with Crippen molar-refractivity contribution in [3.63, 3.8) is 0 Å². The molecule has 1 aliphatic rings. The maximum Gasteiger partial charge on any atom is 0.416 e. The van der Waals surface area contributed by atoms with E-state index >= 15 is 0 Å². The number of rotatable bonds is 10. The Morgan fingerprint density at radius 3 is 2.59 bits per heavy atom. The van der Waals surface area contributed by atoms with Crippen LogP contribution in [0.3, 0.4) is 0 Å². The molecule has 0 aromatic heterocycles. The Bertz CT molecular complexity index is 691. The van der Waals surface area contributed by atoms with E-state index in [9.17, 15) is 13.2 Å². The minimum atomic E-state index is -4.37. The first-order valence-electron chi connectivity index (χ1n) is 9.98. The summed E-state index contributed by atoms with van der Waals surface area (Å²) in [7, 11) is 1.70. The van der Waals surface area contributed by atoms with Crippen LogP contribution in [-0.4, -0.2) is 32.0 Å². The van der Waals surface area contributed by atoms with Crippen LogP contribution in [0.15, 0.2) is 18.2 Å². The molecule has 0 aliphatic heterocycles. The fourth-order valence-electron chi connectivity index (χ4n) is 3.54. The van der Waals surface area contributed by atoms with Gasteiger partial charge in [-0.25, -0.2) is 0 Å². The Labute approximate surface area is 185 Å². The second-order valence-electron chi connectivity index (χ2n) is 7.32.